The van der Waals surface area contributed by atoms with Crippen LogP contribution in [0.4, 0.5) is 0 Å². The molecule has 0 aliphatic heterocycles. The molecule has 0 bridgehead atoms. The van der Waals surface area contributed by atoms with Crippen LogP contribution in [-0.4, -0.2) is 15.8 Å². The van der Waals surface area contributed by atoms with Gasteiger partial charge in [-0.3, -0.25) is 0 Å². The normalized spacial score (nSPS) is 15.8. The summed E-state index contributed by atoms with van der Waals surface area (Å²) in [7, 11) is 0. The van der Waals surface area contributed by atoms with Gasteiger partial charge in [-0.2, -0.15) is 0 Å². The molecule has 3 unspecified atom stereocenters. The lowest BCUT2D eigenvalue weighted by Gasteiger charge is -2.25. The van der Waals surface area contributed by atoms with Gasteiger partial charge >= 0.3 is 0 Å². The van der Waals surface area contributed by atoms with E-state index in [1.807, 2.05) is 27.7 Å². The quantitative estimate of drug-likeness (QED) is 0.292. The lowest BCUT2D eigenvalue weighted by molar-refractivity contribution is 0.0386. The molecule has 2 heteroatoms. The van der Waals surface area contributed by atoms with Gasteiger partial charge in [-0.1, -0.05) is 85.1 Å². The van der Waals surface area contributed by atoms with Gasteiger partial charge in [0.25, 0.3) is 0 Å². The average molecular weight is 433 g/mol. The number of aliphatic hydroxyl groups is 1. The van der Waals surface area contributed by atoms with Crippen molar-refractivity contribution < 1.29 is 10.2 Å². The number of benzene rings is 1. The van der Waals surface area contributed by atoms with E-state index >= 15 is 0 Å². The van der Waals surface area contributed by atoms with Gasteiger partial charge in [-0.05, 0) is 87.0 Å². The van der Waals surface area contributed by atoms with Gasteiger partial charge in [0, 0.05) is 0 Å². The third-order valence-corrected chi connectivity index (χ3v) is 7.39. The maximum Gasteiger partial charge on any atom is 0.121 e. The van der Waals surface area contributed by atoms with Crippen LogP contribution in [0.1, 0.15) is 121 Å². The van der Waals surface area contributed by atoms with Crippen molar-refractivity contribution in [3.63, 3.8) is 0 Å². The number of aryl methyl sites for hydroxylation is 2. The van der Waals surface area contributed by atoms with Crippen LogP contribution < -0.4 is 0 Å². The summed E-state index contributed by atoms with van der Waals surface area (Å²) in [5.41, 5.74) is 3.58. The van der Waals surface area contributed by atoms with Gasteiger partial charge in [0.05, 0.1) is 5.60 Å². The van der Waals surface area contributed by atoms with Crippen molar-refractivity contribution in [2.75, 3.05) is 0 Å². The molecule has 2 nitrogen and oxygen atoms in total. The van der Waals surface area contributed by atoms with Crippen LogP contribution in [0.5, 0.6) is 5.75 Å². The molecule has 0 aliphatic carbocycles. The second kappa shape index (κ2) is 13.5. The Balaban J connectivity index is 2.28. The zero-order valence-electron chi connectivity index (χ0n) is 22.0. The first kappa shape index (κ1) is 28.0. The SMILES string of the molecule is Cc1cc(CCC(C)(O)CCCC(C)CCCC(C)CCCC(C)C)c(C)c(O)c1C. The average Bonchev–Trinajstić information content (AvgIpc) is 2.67. The molecule has 0 heterocycles. The first-order chi connectivity index (χ1) is 14.4. The molecule has 0 amide bonds. The Labute approximate surface area is 193 Å². The fourth-order valence-corrected chi connectivity index (χ4v) is 4.70. The topological polar surface area (TPSA) is 40.5 Å². The zero-order chi connectivity index (χ0) is 23.6. The molecular formula is C29H52O2. The minimum Gasteiger partial charge on any atom is -0.507 e. The van der Waals surface area contributed by atoms with Crippen molar-refractivity contribution in [3.05, 3.63) is 28.3 Å². The molecular weight excluding hydrogens is 380 g/mol. The Morgan fingerprint density at radius 3 is 1.84 bits per heavy atom. The predicted octanol–water partition coefficient (Wildman–Crippen LogP) is 8.44. The fraction of sp³-hybridized carbons (Fsp3) is 0.793. The van der Waals surface area contributed by atoms with E-state index < -0.39 is 5.60 Å². The highest BCUT2D eigenvalue weighted by Crippen LogP contribution is 2.31. The first-order valence-corrected chi connectivity index (χ1v) is 12.9. The van der Waals surface area contributed by atoms with E-state index in [-0.39, 0.29) is 0 Å². The maximum absolute atomic E-state index is 10.9. The molecule has 0 aliphatic rings. The second-order valence-electron chi connectivity index (χ2n) is 11.3. The molecule has 3 atom stereocenters. The van der Waals surface area contributed by atoms with Crippen LogP contribution in [0.3, 0.4) is 0 Å². The Kier molecular flexibility index (Phi) is 12.2. The van der Waals surface area contributed by atoms with Crippen LogP contribution in [0, 0.1) is 38.5 Å². The summed E-state index contributed by atoms with van der Waals surface area (Å²) >= 11 is 0. The molecule has 0 radical (unpaired) electrons. The van der Waals surface area contributed by atoms with Crippen molar-refractivity contribution in [1.29, 1.82) is 0 Å². The number of rotatable bonds is 15. The van der Waals surface area contributed by atoms with E-state index in [0.717, 1.165) is 65.7 Å². The second-order valence-corrected chi connectivity index (χ2v) is 11.3. The summed E-state index contributed by atoms with van der Waals surface area (Å²) in [4.78, 5) is 0. The monoisotopic (exact) mass is 432 g/mol. The maximum atomic E-state index is 10.9. The van der Waals surface area contributed by atoms with Crippen LogP contribution in [0.15, 0.2) is 6.07 Å². The Morgan fingerprint density at radius 2 is 1.29 bits per heavy atom. The lowest BCUT2D eigenvalue weighted by atomic mass is 9.87. The van der Waals surface area contributed by atoms with E-state index in [1.54, 1.807) is 0 Å². The molecule has 2 N–H and O–H groups in total. The Hall–Kier alpha value is -1.02. The van der Waals surface area contributed by atoms with Crippen molar-refractivity contribution in [3.8, 4) is 5.75 Å². The van der Waals surface area contributed by atoms with Gasteiger partial charge in [0.2, 0.25) is 0 Å². The van der Waals surface area contributed by atoms with Crippen LogP contribution in [0.25, 0.3) is 0 Å². The molecule has 0 spiro atoms. The van der Waals surface area contributed by atoms with Gasteiger partial charge in [-0.15, -0.1) is 0 Å². The lowest BCUT2D eigenvalue weighted by Crippen LogP contribution is -2.25. The highest BCUT2D eigenvalue weighted by molar-refractivity contribution is 5.48. The van der Waals surface area contributed by atoms with Crippen LogP contribution in [-0.2, 0) is 6.42 Å². The van der Waals surface area contributed by atoms with Gasteiger partial charge < -0.3 is 10.2 Å². The summed E-state index contributed by atoms with van der Waals surface area (Å²) in [5, 5.41) is 21.2. The summed E-state index contributed by atoms with van der Waals surface area (Å²) in [6.07, 6.45) is 12.9. The van der Waals surface area contributed by atoms with Crippen LogP contribution >= 0.6 is 0 Å². The van der Waals surface area contributed by atoms with Crippen molar-refractivity contribution in [1.82, 2.24) is 0 Å². The molecule has 1 rings (SSSR count). The number of hydrogen-bond donors (Lipinski definition) is 2. The first-order valence-electron chi connectivity index (χ1n) is 12.9. The largest absolute Gasteiger partial charge is 0.507 e. The molecule has 31 heavy (non-hydrogen) atoms. The number of hydrogen-bond acceptors (Lipinski definition) is 2. The standard InChI is InChI=1S/C29H52O2/c1-21(2)12-9-13-22(3)14-10-15-23(4)16-11-18-29(8,31)19-17-27-20-24(5)25(6)28(30)26(27)7/h20-23,30-31H,9-19H2,1-8H3. The third kappa shape index (κ3) is 10.9. The molecule has 0 saturated carbocycles. The van der Waals surface area contributed by atoms with E-state index in [1.165, 1.54) is 44.9 Å². The van der Waals surface area contributed by atoms with Crippen molar-refractivity contribution in [2.45, 2.75) is 132 Å². The summed E-state index contributed by atoms with van der Waals surface area (Å²) in [6.45, 7) is 17.4. The zero-order valence-corrected chi connectivity index (χ0v) is 22.0. The highest BCUT2D eigenvalue weighted by atomic mass is 16.3. The third-order valence-electron chi connectivity index (χ3n) is 7.39. The molecule has 1 aromatic carbocycles. The predicted molar refractivity (Wildman–Crippen MR) is 136 cm³/mol. The van der Waals surface area contributed by atoms with Gasteiger partial charge in [0.15, 0.2) is 0 Å². The van der Waals surface area contributed by atoms with E-state index in [0.29, 0.717) is 5.75 Å². The summed E-state index contributed by atoms with van der Waals surface area (Å²) < 4.78 is 0. The Morgan fingerprint density at radius 1 is 0.774 bits per heavy atom. The van der Waals surface area contributed by atoms with E-state index in [9.17, 15) is 10.2 Å². The molecule has 180 valence electrons. The van der Waals surface area contributed by atoms with E-state index in [4.69, 9.17) is 0 Å². The number of aromatic hydroxyl groups is 1. The molecule has 1 aromatic rings. The molecule has 0 fully saturated rings. The van der Waals surface area contributed by atoms with E-state index in [2.05, 4.69) is 33.8 Å². The van der Waals surface area contributed by atoms with Gasteiger partial charge in [0.1, 0.15) is 5.75 Å². The van der Waals surface area contributed by atoms with Crippen molar-refractivity contribution in [2.24, 2.45) is 17.8 Å². The minimum absolute atomic E-state index is 0.415. The van der Waals surface area contributed by atoms with Crippen LogP contribution in [0.2, 0.25) is 0 Å². The summed E-state index contributed by atoms with van der Waals surface area (Å²) in [5.74, 6) is 2.86. The number of phenolic OH excluding ortho intramolecular Hbond substituents is 1. The molecule has 0 aromatic heterocycles. The van der Waals surface area contributed by atoms with Gasteiger partial charge in [-0.25, -0.2) is 0 Å². The Bertz CT molecular complexity index is 645. The minimum atomic E-state index is -0.633. The summed E-state index contributed by atoms with van der Waals surface area (Å²) in [6, 6.07) is 2.17. The smallest absolute Gasteiger partial charge is 0.121 e. The highest BCUT2D eigenvalue weighted by Gasteiger charge is 2.21. The fourth-order valence-electron chi connectivity index (χ4n) is 4.70. The van der Waals surface area contributed by atoms with Crippen molar-refractivity contribution >= 4 is 0 Å². The molecule has 0 saturated heterocycles. The number of phenols is 1.